The number of nitrogens with one attached hydrogen (secondary N) is 1. The zero-order valence-electron chi connectivity index (χ0n) is 9.28. The molecule has 0 aliphatic heterocycles. The maximum Gasteiger partial charge on any atom is 0.0179 e. The minimum Gasteiger partial charge on any atom is -0.364 e. The van der Waals surface area contributed by atoms with E-state index in [1.54, 1.807) is 0 Å². The van der Waals surface area contributed by atoms with Crippen molar-refractivity contribution < 1.29 is 0 Å². The fraction of sp³-hybridized carbons (Fsp3) is 0.600. The number of aryl methyl sites for hydroxylation is 2. The molecule has 0 bridgehead atoms. The number of hydrogen-bond donors (Lipinski definition) is 1. The summed E-state index contributed by atoms with van der Waals surface area (Å²) in [5.74, 6) is 0. The minimum atomic E-state index is 0. The number of hydrogen-bond acceptors (Lipinski definition) is 0. The third-order valence-corrected chi connectivity index (χ3v) is 2.26. The first-order chi connectivity index (χ1) is 5.33. The summed E-state index contributed by atoms with van der Waals surface area (Å²) in [6.45, 7) is 6.63. The third kappa shape index (κ3) is 3.53. The molecule has 0 aliphatic rings. The van der Waals surface area contributed by atoms with E-state index in [9.17, 15) is 0 Å². The molecule has 13 heavy (non-hydrogen) atoms. The third-order valence-electron chi connectivity index (χ3n) is 2.26. The number of H-pyrrole nitrogens is 1. The minimum absolute atomic E-state index is 0. The molecule has 0 saturated heterocycles. The molecule has 0 atom stereocenters. The first-order valence-corrected chi connectivity index (χ1v) is 4.51. The van der Waals surface area contributed by atoms with Gasteiger partial charge in [0.1, 0.15) is 0 Å². The molecule has 66 valence electrons. The SMILES string of the molecule is CCc1c[nH]c(CC)c1CC.[B].[Na]. The standard InChI is InChI=1S/C10H17N.B.Na/c1-4-8-7-11-10(6-3)9(8)5-2;;/h7,11H,4-6H2,1-3H3;;. The first-order valence-electron chi connectivity index (χ1n) is 4.51. The fourth-order valence-electron chi connectivity index (χ4n) is 1.61. The molecule has 1 nitrogen and oxygen atoms in total. The summed E-state index contributed by atoms with van der Waals surface area (Å²) < 4.78 is 0. The molecule has 0 saturated carbocycles. The van der Waals surface area contributed by atoms with Crippen LogP contribution in [0.1, 0.15) is 37.6 Å². The molecule has 1 rings (SSSR count). The van der Waals surface area contributed by atoms with E-state index in [0.717, 1.165) is 19.3 Å². The van der Waals surface area contributed by atoms with E-state index in [4.69, 9.17) is 0 Å². The van der Waals surface area contributed by atoms with Gasteiger partial charge in [-0.25, -0.2) is 0 Å². The molecular weight excluding hydrogens is 168 g/mol. The smallest absolute Gasteiger partial charge is 0.0179 e. The molecule has 0 aliphatic carbocycles. The van der Waals surface area contributed by atoms with Gasteiger partial charge in [-0.05, 0) is 30.4 Å². The summed E-state index contributed by atoms with van der Waals surface area (Å²) in [7, 11) is 0. The van der Waals surface area contributed by atoms with Gasteiger partial charge in [0, 0.05) is 49.9 Å². The summed E-state index contributed by atoms with van der Waals surface area (Å²) >= 11 is 0. The van der Waals surface area contributed by atoms with Crippen molar-refractivity contribution in [3.05, 3.63) is 23.0 Å². The van der Waals surface area contributed by atoms with Crippen LogP contribution in [0.5, 0.6) is 0 Å². The van der Waals surface area contributed by atoms with Crippen LogP contribution in [0.2, 0.25) is 0 Å². The first kappa shape index (κ1) is 15.8. The molecule has 1 aromatic rings. The molecule has 3 heteroatoms. The average Bonchev–Trinajstić information content (AvgIpc) is 2.45. The molecule has 1 aromatic heterocycles. The Morgan fingerprint density at radius 3 is 2.08 bits per heavy atom. The van der Waals surface area contributed by atoms with Crippen LogP contribution < -0.4 is 0 Å². The van der Waals surface area contributed by atoms with Gasteiger partial charge in [-0.1, -0.05) is 20.8 Å². The predicted octanol–water partition coefficient (Wildman–Crippen LogP) is 1.94. The largest absolute Gasteiger partial charge is 0.364 e. The Bertz CT molecular complexity index is 211. The molecule has 0 unspecified atom stereocenters. The van der Waals surface area contributed by atoms with Gasteiger partial charge in [0.25, 0.3) is 0 Å². The van der Waals surface area contributed by atoms with Crippen LogP contribution in [0.3, 0.4) is 0 Å². The molecule has 0 fully saturated rings. The van der Waals surface area contributed by atoms with Crippen molar-refractivity contribution in [1.29, 1.82) is 0 Å². The zero-order valence-corrected chi connectivity index (χ0v) is 11.3. The molecular formula is C10H17BNNa. The average molecular weight is 185 g/mol. The molecule has 0 spiro atoms. The van der Waals surface area contributed by atoms with E-state index in [1.807, 2.05) is 0 Å². The second-order valence-corrected chi connectivity index (χ2v) is 2.83. The predicted molar refractivity (Wildman–Crippen MR) is 60.4 cm³/mol. The monoisotopic (exact) mass is 185 g/mol. The Hall–Kier alpha value is 0.345. The van der Waals surface area contributed by atoms with Gasteiger partial charge in [0.15, 0.2) is 0 Å². The normalized spacial score (nSPS) is 8.85. The van der Waals surface area contributed by atoms with Crippen molar-refractivity contribution in [3.8, 4) is 0 Å². The number of rotatable bonds is 3. The van der Waals surface area contributed by atoms with Crippen molar-refractivity contribution in [3.63, 3.8) is 0 Å². The second kappa shape index (κ2) is 7.72. The van der Waals surface area contributed by atoms with E-state index in [-0.39, 0.29) is 38.0 Å². The van der Waals surface area contributed by atoms with Crippen LogP contribution in [-0.2, 0) is 19.3 Å². The molecule has 0 amide bonds. The summed E-state index contributed by atoms with van der Waals surface area (Å²) in [4.78, 5) is 3.33. The molecule has 0 aromatic carbocycles. The van der Waals surface area contributed by atoms with E-state index >= 15 is 0 Å². The van der Waals surface area contributed by atoms with Gasteiger partial charge >= 0.3 is 0 Å². The van der Waals surface area contributed by atoms with Crippen molar-refractivity contribution in [2.75, 3.05) is 0 Å². The Balaban J connectivity index is 0. The quantitative estimate of drug-likeness (QED) is 0.692. The Morgan fingerprint density at radius 1 is 1.08 bits per heavy atom. The van der Waals surface area contributed by atoms with Crippen molar-refractivity contribution in [2.45, 2.75) is 40.0 Å². The van der Waals surface area contributed by atoms with Crippen molar-refractivity contribution in [1.82, 2.24) is 4.98 Å². The van der Waals surface area contributed by atoms with Crippen LogP contribution in [0.25, 0.3) is 0 Å². The van der Waals surface area contributed by atoms with Crippen LogP contribution in [0.4, 0.5) is 0 Å². The summed E-state index contributed by atoms with van der Waals surface area (Å²) in [6, 6.07) is 0. The summed E-state index contributed by atoms with van der Waals surface area (Å²) in [5, 5.41) is 0. The zero-order chi connectivity index (χ0) is 8.27. The molecule has 4 radical (unpaired) electrons. The maximum absolute atomic E-state index is 3.33. The van der Waals surface area contributed by atoms with Gasteiger partial charge in [0.2, 0.25) is 0 Å². The summed E-state index contributed by atoms with van der Waals surface area (Å²) in [5.41, 5.74) is 4.45. The summed E-state index contributed by atoms with van der Waals surface area (Å²) in [6.07, 6.45) is 5.59. The van der Waals surface area contributed by atoms with Crippen molar-refractivity contribution in [2.24, 2.45) is 0 Å². The van der Waals surface area contributed by atoms with Gasteiger partial charge in [-0.3, -0.25) is 0 Å². The van der Waals surface area contributed by atoms with Crippen LogP contribution in [0, 0.1) is 0 Å². The van der Waals surface area contributed by atoms with E-state index in [0.29, 0.717) is 0 Å². The van der Waals surface area contributed by atoms with E-state index < -0.39 is 0 Å². The van der Waals surface area contributed by atoms with Crippen LogP contribution >= 0.6 is 0 Å². The second-order valence-electron chi connectivity index (χ2n) is 2.83. The van der Waals surface area contributed by atoms with Crippen molar-refractivity contribution >= 4 is 38.0 Å². The van der Waals surface area contributed by atoms with Gasteiger partial charge in [-0.2, -0.15) is 0 Å². The van der Waals surface area contributed by atoms with E-state index in [1.165, 1.54) is 16.8 Å². The topological polar surface area (TPSA) is 15.8 Å². The molecule has 1 N–H and O–H groups in total. The maximum atomic E-state index is 3.33. The Labute approximate surface area is 106 Å². The number of aromatic nitrogens is 1. The van der Waals surface area contributed by atoms with Gasteiger partial charge < -0.3 is 4.98 Å². The van der Waals surface area contributed by atoms with Crippen LogP contribution in [0.15, 0.2) is 6.20 Å². The molecule has 1 heterocycles. The van der Waals surface area contributed by atoms with Gasteiger partial charge in [0.05, 0.1) is 0 Å². The number of aromatic amines is 1. The Morgan fingerprint density at radius 2 is 1.69 bits per heavy atom. The van der Waals surface area contributed by atoms with Gasteiger partial charge in [-0.15, -0.1) is 0 Å². The van der Waals surface area contributed by atoms with E-state index in [2.05, 4.69) is 32.0 Å². The van der Waals surface area contributed by atoms with Crippen LogP contribution in [-0.4, -0.2) is 43.0 Å². The fourth-order valence-corrected chi connectivity index (χ4v) is 1.61. The Kier molecular flexibility index (Phi) is 9.39.